The van der Waals surface area contributed by atoms with Crippen molar-refractivity contribution in [1.29, 1.82) is 0 Å². The van der Waals surface area contributed by atoms with Crippen LogP contribution in [-0.2, 0) is 11.3 Å². The standard InChI is InChI=1S/C20H21FN2O2/c1-12(2)18(19(24)22-15-9-8-13(3)17(21)10-15)23-11-14-6-4-5-7-16(14)20(23)25/h4-10,12,18H,11H2,1-3H3,(H,22,24)/t18-/m1/s1. The molecule has 130 valence electrons. The summed E-state index contributed by atoms with van der Waals surface area (Å²) in [4.78, 5) is 27.1. The quantitative estimate of drug-likeness (QED) is 0.921. The van der Waals surface area contributed by atoms with Crippen molar-refractivity contribution in [3.63, 3.8) is 0 Å². The molecule has 1 atom stereocenters. The molecule has 2 aromatic rings. The second-order valence-corrected chi connectivity index (χ2v) is 6.73. The van der Waals surface area contributed by atoms with Crippen molar-refractivity contribution in [2.45, 2.75) is 33.4 Å². The molecule has 0 fully saturated rings. The van der Waals surface area contributed by atoms with Crippen LogP contribution in [-0.4, -0.2) is 22.8 Å². The van der Waals surface area contributed by atoms with Crippen LogP contribution in [0.4, 0.5) is 10.1 Å². The van der Waals surface area contributed by atoms with Crippen LogP contribution in [0.5, 0.6) is 0 Å². The van der Waals surface area contributed by atoms with Gasteiger partial charge in [0, 0.05) is 17.8 Å². The van der Waals surface area contributed by atoms with Crippen molar-refractivity contribution in [2.75, 3.05) is 5.32 Å². The molecule has 0 spiro atoms. The van der Waals surface area contributed by atoms with Gasteiger partial charge in [0.15, 0.2) is 0 Å². The predicted molar refractivity (Wildman–Crippen MR) is 94.7 cm³/mol. The summed E-state index contributed by atoms with van der Waals surface area (Å²) < 4.78 is 13.7. The summed E-state index contributed by atoms with van der Waals surface area (Å²) in [6.45, 7) is 5.87. The van der Waals surface area contributed by atoms with Gasteiger partial charge in [0.1, 0.15) is 11.9 Å². The summed E-state index contributed by atoms with van der Waals surface area (Å²) in [5, 5.41) is 2.74. The van der Waals surface area contributed by atoms with Crippen LogP contribution in [0.3, 0.4) is 0 Å². The van der Waals surface area contributed by atoms with E-state index in [9.17, 15) is 14.0 Å². The van der Waals surface area contributed by atoms with E-state index in [0.29, 0.717) is 23.4 Å². The summed E-state index contributed by atoms with van der Waals surface area (Å²) in [5.74, 6) is -0.893. The first-order chi connectivity index (χ1) is 11.9. The van der Waals surface area contributed by atoms with E-state index in [2.05, 4.69) is 5.32 Å². The van der Waals surface area contributed by atoms with Gasteiger partial charge in [0.2, 0.25) is 5.91 Å². The number of carbonyl (C=O) groups is 2. The van der Waals surface area contributed by atoms with Crippen molar-refractivity contribution < 1.29 is 14.0 Å². The Balaban J connectivity index is 1.83. The number of halogens is 1. The maximum atomic E-state index is 13.7. The molecule has 1 aliphatic heterocycles. The molecule has 0 aliphatic carbocycles. The lowest BCUT2D eigenvalue weighted by Gasteiger charge is -2.30. The minimum atomic E-state index is -0.621. The van der Waals surface area contributed by atoms with E-state index in [0.717, 1.165) is 5.56 Å². The van der Waals surface area contributed by atoms with Gasteiger partial charge in [-0.3, -0.25) is 9.59 Å². The SMILES string of the molecule is Cc1ccc(NC(=O)[C@@H](C(C)C)N2Cc3ccccc3C2=O)cc1F. The molecule has 25 heavy (non-hydrogen) atoms. The molecule has 0 radical (unpaired) electrons. The number of carbonyl (C=O) groups excluding carboxylic acids is 2. The summed E-state index contributed by atoms with van der Waals surface area (Å²) >= 11 is 0. The van der Waals surface area contributed by atoms with E-state index < -0.39 is 6.04 Å². The van der Waals surface area contributed by atoms with Gasteiger partial charge in [-0.1, -0.05) is 38.1 Å². The molecule has 2 aromatic carbocycles. The van der Waals surface area contributed by atoms with Crippen molar-refractivity contribution >= 4 is 17.5 Å². The van der Waals surface area contributed by atoms with Crippen LogP contribution in [0.1, 0.15) is 35.3 Å². The van der Waals surface area contributed by atoms with Gasteiger partial charge >= 0.3 is 0 Å². The van der Waals surface area contributed by atoms with Gasteiger partial charge in [0.25, 0.3) is 5.91 Å². The van der Waals surface area contributed by atoms with Gasteiger partial charge in [-0.05, 0) is 42.2 Å². The van der Waals surface area contributed by atoms with E-state index in [-0.39, 0.29) is 23.5 Å². The van der Waals surface area contributed by atoms with Crippen LogP contribution in [0.15, 0.2) is 42.5 Å². The molecule has 0 saturated heterocycles. The van der Waals surface area contributed by atoms with Gasteiger partial charge in [0.05, 0.1) is 0 Å². The van der Waals surface area contributed by atoms with E-state index in [1.54, 1.807) is 30.0 Å². The molecular weight excluding hydrogens is 319 g/mol. The molecule has 3 rings (SSSR count). The lowest BCUT2D eigenvalue weighted by molar-refractivity contribution is -0.122. The van der Waals surface area contributed by atoms with Gasteiger partial charge in [-0.2, -0.15) is 0 Å². The number of nitrogens with one attached hydrogen (secondary N) is 1. The molecule has 1 aliphatic rings. The normalized spacial score (nSPS) is 14.6. The number of hydrogen-bond donors (Lipinski definition) is 1. The number of benzene rings is 2. The van der Waals surface area contributed by atoms with E-state index in [4.69, 9.17) is 0 Å². The largest absolute Gasteiger partial charge is 0.324 e. The summed E-state index contributed by atoms with van der Waals surface area (Å²) in [6, 6.07) is 11.3. The molecule has 0 bridgehead atoms. The number of aryl methyl sites for hydroxylation is 1. The third kappa shape index (κ3) is 3.27. The Kier molecular flexibility index (Phi) is 4.57. The molecule has 0 saturated carbocycles. The topological polar surface area (TPSA) is 49.4 Å². The zero-order chi connectivity index (χ0) is 18.1. The number of amides is 2. The van der Waals surface area contributed by atoms with Crippen LogP contribution >= 0.6 is 0 Å². The monoisotopic (exact) mass is 340 g/mol. The zero-order valence-electron chi connectivity index (χ0n) is 14.5. The highest BCUT2D eigenvalue weighted by molar-refractivity contribution is 6.03. The molecule has 2 amide bonds. The van der Waals surface area contributed by atoms with Crippen LogP contribution in [0.25, 0.3) is 0 Å². The fraction of sp³-hybridized carbons (Fsp3) is 0.300. The first-order valence-corrected chi connectivity index (χ1v) is 8.34. The Morgan fingerprint density at radius 2 is 1.92 bits per heavy atom. The van der Waals surface area contributed by atoms with E-state index >= 15 is 0 Å². The number of rotatable bonds is 4. The average Bonchev–Trinajstić information content (AvgIpc) is 2.88. The summed E-state index contributed by atoms with van der Waals surface area (Å²) in [6.07, 6.45) is 0. The third-order valence-electron chi connectivity index (χ3n) is 4.52. The molecule has 5 heteroatoms. The highest BCUT2D eigenvalue weighted by Crippen LogP contribution is 2.27. The first-order valence-electron chi connectivity index (χ1n) is 8.34. The maximum Gasteiger partial charge on any atom is 0.255 e. The van der Waals surface area contributed by atoms with Crippen molar-refractivity contribution in [2.24, 2.45) is 5.92 Å². The second kappa shape index (κ2) is 6.67. The minimum Gasteiger partial charge on any atom is -0.324 e. The maximum absolute atomic E-state index is 13.7. The Labute approximate surface area is 146 Å². The molecule has 0 aromatic heterocycles. The Morgan fingerprint density at radius 3 is 2.56 bits per heavy atom. The molecule has 0 unspecified atom stereocenters. The van der Waals surface area contributed by atoms with Gasteiger partial charge < -0.3 is 10.2 Å². The van der Waals surface area contributed by atoms with Crippen LogP contribution < -0.4 is 5.32 Å². The third-order valence-corrected chi connectivity index (χ3v) is 4.52. The molecule has 4 nitrogen and oxygen atoms in total. The zero-order valence-corrected chi connectivity index (χ0v) is 14.5. The first kappa shape index (κ1) is 17.1. The van der Waals surface area contributed by atoms with Gasteiger partial charge in [-0.25, -0.2) is 4.39 Å². The van der Waals surface area contributed by atoms with Crippen LogP contribution in [0.2, 0.25) is 0 Å². The second-order valence-electron chi connectivity index (χ2n) is 6.73. The number of anilines is 1. The molecular formula is C20H21FN2O2. The number of nitrogens with zero attached hydrogens (tertiary/aromatic N) is 1. The fourth-order valence-corrected chi connectivity index (χ4v) is 3.19. The minimum absolute atomic E-state index is 0.0754. The molecule has 1 N–H and O–H groups in total. The lowest BCUT2D eigenvalue weighted by Crippen LogP contribution is -2.47. The van der Waals surface area contributed by atoms with Crippen molar-refractivity contribution in [3.05, 3.63) is 65.0 Å². The van der Waals surface area contributed by atoms with E-state index in [1.807, 2.05) is 32.0 Å². The summed E-state index contributed by atoms with van der Waals surface area (Å²) in [7, 11) is 0. The average molecular weight is 340 g/mol. The highest BCUT2D eigenvalue weighted by Gasteiger charge is 2.37. The van der Waals surface area contributed by atoms with E-state index in [1.165, 1.54) is 6.07 Å². The van der Waals surface area contributed by atoms with Crippen LogP contribution in [0, 0.1) is 18.7 Å². The Morgan fingerprint density at radius 1 is 1.20 bits per heavy atom. The number of fused-ring (bicyclic) bond motifs is 1. The van der Waals surface area contributed by atoms with Crippen molar-refractivity contribution in [3.8, 4) is 0 Å². The van der Waals surface area contributed by atoms with Crippen molar-refractivity contribution in [1.82, 2.24) is 4.90 Å². The Hall–Kier alpha value is -2.69. The molecule has 1 heterocycles. The van der Waals surface area contributed by atoms with Gasteiger partial charge in [-0.15, -0.1) is 0 Å². The summed E-state index contributed by atoms with van der Waals surface area (Å²) in [5.41, 5.74) is 2.47. The lowest BCUT2D eigenvalue weighted by atomic mass is 10.0. The highest BCUT2D eigenvalue weighted by atomic mass is 19.1. The Bertz CT molecular complexity index is 832. The predicted octanol–water partition coefficient (Wildman–Crippen LogP) is 3.75. The smallest absolute Gasteiger partial charge is 0.255 e. The fourth-order valence-electron chi connectivity index (χ4n) is 3.19. The number of hydrogen-bond acceptors (Lipinski definition) is 2.